The molecule has 0 amide bonds. The highest BCUT2D eigenvalue weighted by atomic mass is 35.5. The summed E-state index contributed by atoms with van der Waals surface area (Å²) in [5.41, 5.74) is -0.115. The van der Waals surface area contributed by atoms with Gasteiger partial charge >= 0.3 is 6.18 Å². The van der Waals surface area contributed by atoms with Gasteiger partial charge in [-0.25, -0.2) is 16.8 Å². The van der Waals surface area contributed by atoms with Crippen molar-refractivity contribution < 1.29 is 34.7 Å². The fourth-order valence-electron chi connectivity index (χ4n) is 3.77. The average Bonchev–Trinajstić information content (AvgIpc) is 2.68. The zero-order valence-electron chi connectivity index (χ0n) is 17.5. The lowest BCUT2D eigenvalue weighted by atomic mass is 9.92. The molecule has 5 nitrogen and oxygen atoms in total. The van der Waals surface area contributed by atoms with E-state index in [1.54, 1.807) is 13.0 Å². The SMILES string of the molecule is Cc1cc(C2CC(C)(S(=O)(=O)c3cccc(C(F)(F)F)c3)CCO2)cc(S(C)(=O)=O)c1Cl. The third-order valence-electron chi connectivity index (χ3n) is 5.70. The minimum atomic E-state index is -4.67. The molecule has 1 fully saturated rings. The number of halogens is 4. The van der Waals surface area contributed by atoms with E-state index in [0.717, 1.165) is 24.5 Å². The first-order valence-electron chi connectivity index (χ1n) is 9.60. The van der Waals surface area contributed by atoms with Crippen LogP contribution in [0.25, 0.3) is 0 Å². The number of benzene rings is 2. The first kappa shape index (κ1) is 25.0. The van der Waals surface area contributed by atoms with Crippen molar-refractivity contribution in [2.75, 3.05) is 12.9 Å². The van der Waals surface area contributed by atoms with Crippen LogP contribution in [0.2, 0.25) is 5.02 Å². The Hall–Kier alpha value is -1.62. The van der Waals surface area contributed by atoms with Gasteiger partial charge in [0.15, 0.2) is 19.7 Å². The Kier molecular flexibility index (Phi) is 6.49. The van der Waals surface area contributed by atoms with Crippen molar-refractivity contribution in [3.05, 3.63) is 58.1 Å². The van der Waals surface area contributed by atoms with Crippen molar-refractivity contribution in [3.63, 3.8) is 0 Å². The number of sulfone groups is 2. The van der Waals surface area contributed by atoms with Gasteiger partial charge in [-0.1, -0.05) is 23.7 Å². The van der Waals surface area contributed by atoms with Gasteiger partial charge in [-0.2, -0.15) is 13.2 Å². The summed E-state index contributed by atoms with van der Waals surface area (Å²) >= 11 is 6.14. The summed E-state index contributed by atoms with van der Waals surface area (Å²) in [6, 6.07) is 6.66. The monoisotopic (exact) mass is 510 g/mol. The topological polar surface area (TPSA) is 77.5 Å². The van der Waals surface area contributed by atoms with Crippen LogP contribution in [0.15, 0.2) is 46.2 Å². The number of rotatable bonds is 4. The summed E-state index contributed by atoms with van der Waals surface area (Å²) in [5.74, 6) is 0. The molecule has 0 saturated carbocycles. The number of hydrogen-bond donors (Lipinski definition) is 0. The largest absolute Gasteiger partial charge is 0.416 e. The number of alkyl halides is 3. The molecule has 2 atom stereocenters. The van der Waals surface area contributed by atoms with E-state index in [1.807, 2.05) is 0 Å². The van der Waals surface area contributed by atoms with Crippen LogP contribution in [0.5, 0.6) is 0 Å². The predicted octanol–water partition coefficient (Wildman–Crippen LogP) is 5.15. The molecule has 1 aliphatic heterocycles. The van der Waals surface area contributed by atoms with Gasteiger partial charge in [-0.3, -0.25) is 0 Å². The Bertz CT molecular complexity index is 1260. The molecule has 0 aromatic heterocycles. The highest BCUT2D eigenvalue weighted by Crippen LogP contribution is 2.44. The molecule has 0 bridgehead atoms. The average molecular weight is 511 g/mol. The molecular weight excluding hydrogens is 489 g/mol. The van der Waals surface area contributed by atoms with Gasteiger partial charge in [0.2, 0.25) is 0 Å². The molecule has 3 rings (SSSR count). The number of hydrogen-bond acceptors (Lipinski definition) is 5. The van der Waals surface area contributed by atoms with E-state index in [0.29, 0.717) is 17.2 Å². The van der Waals surface area contributed by atoms with E-state index >= 15 is 0 Å². The quantitative estimate of drug-likeness (QED) is 0.568. The normalized spacial score (nSPS) is 22.7. The Labute approximate surface area is 190 Å². The van der Waals surface area contributed by atoms with Crippen molar-refractivity contribution in [2.24, 2.45) is 0 Å². The van der Waals surface area contributed by atoms with E-state index in [9.17, 15) is 30.0 Å². The van der Waals surface area contributed by atoms with E-state index < -0.39 is 47.2 Å². The second kappa shape index (κ2) is 8.30. The maximum absolute atomic E-state index is 13.4. The maximum atomic E-state index is 13.4. The fourth-order valence-corrected chi connectivity index (χ4v) is 6.97. The molecule has 176 valence electrons. The molecule has 2 unspecified atom stereocenters. The first-order chi connectivity index (χ1) is 14.6. The van der Waals surface area contributed by atoms with Crippen molar-refractivity contribution in [1.29, 1.82) is 0 Å². The predicted molar refractivity (Wildman–Crippen MR) is 114 cm³/mol. The molecule has 0 radical (unpaired) electrons. The Morgan fingerprint density at radius 3 is 2.38 bits per heavy atom. The van der Waals surface area contributed by atoms with Crippen molar-refractivity contribution >= 4 is 31.3 Å². The van der Waals surface area contributed by atoms with Crippen molar-refractivity contribution in [2.45, 2.75) is 53.5 Å². The van der Waals surface area contributed by atoms with Crippen molar-refractivity contribution in [1.82, 2.24) is 0 Å². The molecule has 1 aliphatic rings. The Morgan fingerprint density at radius 2 is 1.78 bits per heavy atom. The molecule has 2 aromatic rings. The van der Waals surface area contributed by atoms with E-state index in [-0.39, 0.29) is 29.4 Å². The van der Waals surface area contributed by atoms with Gasteiger partial charge in [0, 0.05) is 12.9 Å². The lowest BCUT2D eigenvalue weighted by Crippen LogP contribution is -2.42. The number of aryl methyl sites for hydroxylation is 1. The van der Waals surface area contributed by atoms with Crippen LogP contribution in [-0.4, -0.2) is 34.4 Å². The van der Waals surface area contributed by atoms with E-state index in [2.05, 4.69) is 0 Å². The minimum Gasteiger partial charge on any atom is -0.373 e. The van der Waals surface area contributed by atoms with Gasteiger partial charge in [0.25, 0.3) is 0 Å². The highest BCUT2D eigenvalue weighted by Gasteiger charge is 2.46. The van der Waals surface area contributed by atoms with Gasteiger partial charge in [-0.05, 0) is 62.1 Å². The molecular formula is C21H22ClF3O5S2. The van der Waals surface area contributed by atoms with Gasteiger partial charge in [0.05, 0.1) is 31.2 Å². The molecule has 1 heterocycles. The molecule has 32 heavy (non-hydrogen) atoms. The number of ether oxygens (including phenoxy) is 1. The summed E-state index contributed by atoms with van der Waals surface area (Å²) < 4.78 is 94.6. The van der Waals surface area contributed by atoms with Crippen LogP contribution >= 0.6 is 11.6 Å². The summed E-state index contributed by atoms with van der Waals surface area (Å²) in [6.45, 7) is 3.13. The summed E-state index contributed by atoms with van der Waals surface area (Å²) in [5, 5.41) is 0.0754. The minimum absolute atomic E-state index is 0.0369. The first-order valence-corrected chi connectivity index (χ1v) is 13.4. The lowest BCUT2D eigenvalue weighted by Gasteiger charge is -2.38. The van der Waals surface area contributed by atoms with Crippen molar-refractivity contribution in [3.8, 4) is 0 Å². The lowest BCUT2D eigenvalue weighted by molar-refractivity contribution is -0.137. The van der Waals surface area contributed by atoms with Crippen LogP contribution in [0.4, 0.5) is 13.2 Å². The highest BCUT2D eigenvalue weighted by molar-refractivity contribution is 7.92. The standard InChI is InChI=1S/C21H22ClF3O5S2/c1-13-9-14(10-18(19(13)22)31(3,26)27)17-12-20(2,7-8-30-17)32(28,29)16-6-4-5-15(11-16)21(23,24)25/h4-6,9-11,17H,7-8,12H2,1-3H3. The van der Waals surface area contributed by atoms with Gasteiger partial charge < -0.3 is 4.74 Å². The van der Waals surface area contributed by atoms with E-state index in [4.69, 9.17) is 16.3 Å². The molecule has 0 N–H and O–H groups in total. The molecule has 0 spiro atoms. The smallest absolute Gasteiger partial charge is 0.373 e. The summed E-state index contributed by atoms with van der Waals surface area (Å²) in [7, 11) is -7.81. The third-order valence-corrected chi connectivity index (χ3v) is 9.98. The maximum Gasteiger partial charge on any atom is 0.416 e. The second-order valence-electron chi connectivity index (χ2n) is 8.21. The van der Waals surface area contributed by atoms with Gasteiger partial charge in [0.1, 0.15) is 0 Å². The van der Waals surface area contributed by atoms with Crippen LogP contribution < -0.4 is 0 Å². The zero-order chi connectivity index (χ0) is 24.1. The van der Waals surface area contributed by atoms with Crippen LogP contribution in [-0.2, 0) is 30.6 Å². The summed E-state index contributed by atoms with van der Waals surface area (Å²) in [6.07, 6.45) is -4.41. The molecule has 2 aromatic carbocycles. The third kappa shape index (κ3) is 4.69. The van der Waals surface area contributed by atoms with Crippen LogP contribution in [0.1, 0.15) is 42.6 Å². The Balaban J connectivity index is 2.02. The molecule has 0 aliphatic carbocycles. The Morgan fingerprint density at radius 1 is 1.12 bits per heavy atom. The zero-order valence-corrected chi connectivity index (χ0v) is 19.9. The van der Waals surface area contributed by atoms with Crippen LogP contribution in [0.3, 0.4) is 0 Å². The van der Waals surface area contributed by atoms with E-state index in [1.165, 1.54) is 13.0 Å². The second-order valence-corrected chi connectivity index (χ2v) is 13.0. The fraction of sp³-hybridized carbons (Fsp3) is 0.429. The summed E-state index contributed by atoms with van der Waals surface area (Å²) in [4.78, 5) is -0.509. The van der Waals surface area contributed by atoms with Gasteiger partial charge in [-0.15, -0.1) is 0 Å². The molecule has 11 heteroatoms. The molecule has 1 saturated heterocycles. The van der Waals surface area contributed by atoms with Crippen LogP contribution in [0, 0.1) is 6.92 Å².